The molecule has 2 aromatic heterocycles. The molecule has 2 heterocycles. The van der Waals surface area contributed by atoms with Crippen molar-refractivity contribution < 1.29 is 21.1 Å². The van der Waals surface area contributed by atoms with E-state index >= 15 is 0 Å². The fourth-order valence-electron chi connectivity index (χ4n) is 11.1. The number of allylic oxidation sites excluding steroid dienone is 8. The summed E-state index contributed by atoms with van der Waals surface area (Å²) >= 11 is 0. The van der Waals surface area contributed by atoms with Crippen LogP contribution in [0.2, 0.25) is 0 Å². The standard InChI is InChI=1S/C51H34N2.Pt/c1-3-9-43-33(7-1)34-8-2-4-10-44(34)51(43,47-13-5-11-45(52-47)31-19-25-39-41(27-31)29-15-21-35-36(22-16-29)49(35)39)48-14-6-12-46(53-48)32-20-26-40-42(28-32)30-17-23-37-38(24-18-30)50(37)40;/h1-18,21-30,35-38,49-50H;/q-2;+2. The molecule has 2 fully saturated rings. The molecule has 54 heavy (non-hydrogen) atoms. The summed E-state index contributed by atoms with van der Waals surface area (Å²) in [6, 6.07) is 47.4. The summed E-state index contributed by atoms with van der Waals surface area (Å²) in [6.45, 7) is 0. The van der Waals surface area contributed by atoms with Gasteiger partial charge in [0.05, 0.1) is 11.4 Å². The van der Waals surface area contributed by atoms with E-state index < -0.39 is 5.41 Å². The average Bonchev–Trinajstić information content (AvgIpc) is 4.11. The van der Waals surface area contributed by atoms with Gasteiger partial charge in [0.2, 0.25) is 0 Å². The average molecular weight is 870 g/mol. The van der Waals surface area contributed by atoms with Crippen LogP contribution in [0.3, 0.4) is 0 Å². The van der Waals surface area contributed by atoms with Gasteiger partial charge in [0.15, 0.2) is 0 Å². The molecule has 0 saturated heterocycles. The first-order valence-corrected chi connectivity index (χ1v) is 19.3. The molecule has 4 aromatic carbocycles. The van der Waals surface area contributed by atoms with E-state index in [1.54, 1.807) is 0 Å². The molecular formula is C51H34N2Pt. The molecular weight excluding hydrogens is 836 g/mol. The third-order valence-electron chi connectivity index (χ3n) is 13.7. The molecule has 2 saturated carbocycles. The third kappa shape index (κ3) is 4.10. The van der Waals surface area contributed by atoms with E-state index in [9.17, 15) is 0 Å². The Labute approximate surface area is 330 Å². The maximum atomic E-state index is 5.61. The van der Waals surface area contributed by atoms with Gasteiger partial charge in [0.1, 0.15) is 5.41 Å². The molecule has 3 heteroatoms. The monoisotopic (exact) mass is 869 g/mol. The second-order valence-electron chi connectivity index (χ2n) is 16.1. The summed E-state index contributed by atoms with van der Waals surface area (Å²) in [4.78, 5) is 11.2. The van der Waals surface area contributed by atoms with Crippen molar-refractivity contribution in [2.45, 2.75) is 29.1 Å². The van der Waals surface area contributed by atoms with Crippen LogP contribution in [0, 0.1) is 35.8 Å². The number of fused-ring (bicyclic) bond motifs is 3. The van der Waals surface area contributed by atoms with Gasteiger partial charge in [0, 0.05) is 11.8 Å². The Balaban J connectivity index is 0.00000325. The normalized spacial score (nSPS) is 28.1. The molecule has 8 bridgehead atoms. The van der Waals surface area contributed by atoms with Crippen molar-refractivity contribution in [3.63, 3.8) is 0 Å². The number of rotatable bonds is 4. The fourth-order valence-corrected chi connectivity index (χ4v) is 11.1. The number of benzene rings is 4. The SMILES string of the molecule is [Pt+2].[c-]1cc2c(cc1-c1cccc(C3(c4cccc(-c5[c-]cc6c(c5)C5C=CC7C(C=C5)C67)n4)c4ccccc4-c4ccccc43)n1)C1C=CC3C(C=C1)C23. The summed E-state index contributed by atoms with van der Waals surface area (Å²) in [6.07, 6.45) is 19.4. The number of aromatic nitrogens is 2. The predicted octanol–water partition coefficient (Wildman–Crippen LogP) is 10.9. The van der Waals surface area contributed by atoms with Crippen LogP contribution in [0.5, 0.6) is 0 Å². The topological polar surface area (TPSA) is 25.8 Å². The first-order chi connectivity index (χ1) is 26.3. The molecule has 9 aliphatic rings. The van der Waals surface area contributed by atoms with Crippen LogP contribution in [0.25, 0.3) is 33.6 Å². The maximum Gasteiger partial charge on any atom is 2.00 e. The van der Waals surface area contributed by atoms with E-state index in [1.807, 2.05) is 0 Å². The Hall–Kier alpha value is -5.17. The largest absolute Gasteiger partial charge is 2.00 e. The van der Waals surface area contributed by atoms with Crippen molar-refractivity contribution in [3.05, 3.63) is 215 Å². The van der Waals surface area contributed by atoms with Crippen LogP contribution < -0.4 is 0 Å². The molecule has 0 amide bonds. The second kappa shape index (κ2) is 11.2. The zero-order valence-electron chi connectivity index (χ0n) is 29.3. The minimum atomic E-state index is -0.715. The molecule has 0 N–H and O–H groups in total. The molecule has 4 atom stereocenters. The zero-order chi connectivity index (χ0) is 34.4. The van der Waals surface area contributed by atoms with Crippen molar-refractivity contribution >= 4 is 0 Å². The van der Waals surface area contributed by atoms with Crippen LogP contribution in [0.15, 0.2) is 158 Å². The first kappa shape index (κ1) is 31.2. The van der Waals surface area contributed by atoms with E-state index in [1.165, 1.54) is 44.5 Å². The summed E-state index contributed by atoms with van der Waals surface area (Å²) in [5.74, 6) is 4.37. The quantitative estimate of drug-likeness (QED) is 0.130. The van der Waals surface area contributed by atoms with Crippen LogP contribution in [-0.2, 0) is 26.5 Å². The van der Waals surface area contributed by atoms with Gasteiger partial charge in [-0.1, -0.05) is 121 Å². The van der Waals surface area contributed by atoms with Gasteiger partial charge in [-0.3, -0.25) is 9.97 Å². The van der Waals surface area contributed by atoms with Gasteiger partial charge in [0.25, 0.3) is 0 Å². The molecule has 0 aliphatic heterocycles. The summed E-state index contributed by atoms with van der Waals surface area (Å²) in [5.41, 5.74) is 15.8. The second-order valence-corrected chi connectivity index (χ2v) is 16.1. The number of pyridine rings is 2. The van der Waals surface area contributed by atoms with Gasteiger partial charge in [-0.25, -0.2) is 0 Å². The Bertz CT molecular complexity index is 2490. The van der Waals surface area contributed by atoms with Crippen molar-refractivity contribution in [2.24, 2.45) is 23.7 Å². The van der Waals surface area contributed by atoms with Crippen LogP contribution in [0.1, 0.15) is 68.4 Å². The van der Waals surface area contributed by atoms with Gasteiger partial charge < -0.3 is 0 Å². The molecule has 0 radical (unpaired) electrons. The third-order valence-corrected chi connectivity index (χ3v) is 13.7. The molecule has 9 aliphatic carbocycles. The summed E-state index contributed by atoms with van der Waals surface area (Å²) < 4.78 is 0. The van der Waals surface area contributed by atoms with E-state index in [4.69, 9.17) is 9.97 Å². The number of nitrogens with zero attached hydrogens (tertiary/aromatic N) is 2. The van der Waals surface area contributed by atoms with Crippen LogP contribution in [0.4, 0.5) is 0 Å². The Morgan fingerprint density at radius 1 is 0.444 bits per heavy atom. The van der Waals surface area contributed by atoms with Crippen LogP contribution in [-0.4, -0.2) is 9.97 Å². The van der Waals surface area contributed by atoms with Gasteiger partial charge in [-0.05, 0) is 81.3 Å². The van der Waals surface area contributed by atoms with Crippen LogP contribution >= 0.6 is 0 Å². The van der Waals surface area contributed by atoms with Crippen molar-refractivity contribution in [1.82, 2.24) is 9.97 Å². The number of hydrogen-bond acceptors (Lipinski definition) is 2. The molecule has 0 spiro atoms. The van der Waals surface area contributed by atoms with Gasteiger partial charge in [-0.15, -0.1) is 69.8 Å². The first-order valence-electron chi connectivity index (χ1n) is 19.3. The Kier molecular flexibility index (Phi) is 6.46. The minimum absolute atomic E-state index is 0. The Morgan fingerprint density at radius 3 is 1.31 bits per heavy atom. The Morgan fingerprint density at radius 2 is 0.870 bits per heavy atom. The summed E-state index contributed by atoms with van der Waals surface area (Å²) in [7, 11) is 0. The zero-order valence-corrected chi connectivity index (χ0v) is 31.6. The smallest absolute Gasteiger partial charge is 0.300 e. The van der Waals surface area contributed by atoms with E-state index in [0.717, 1.165) is 33.9 Å². The molecule has 15 rings (SSSR count). The predicted molar refractivity (Wildman–Crippen MR) is 209 cm³/mol. The minimum Gasteiger partial charge on any atom is -0.300 e. The molecule has 2 nitrogen and oxygen atoms in total. The van der Waals surface area contributed by atoms with E-state index in [2.05, 4.69) is 170 Å². The van der Waals surface area contributed by atoms with E-state index in [0.29, 0.717) is 47.3 Å². The van der Waals surface area contributed by atoms with Crippen molar-refractivity contribution in [3.8, 4) is 33.6 Å². The molecule has 4 unspecified atom stereocenters. The van der Waals surface area contributed by atoms with Crippen molar-refractivity contribution in [1.29, 1.82) is 0 Å². The molecule has 258 valence electrons. The molecule has 6 aromatic rings. The van der Waals surface area contributed by atoms with E-state index in [-0.39, 0.29) is 21.1 Å². The maximum absolute atomic E-state index is 5.61. The van der Waals surface area contributed by atoms with Gasteiger partial charge >= 0.3 is 21.1 Å². The summed E-state index contributed by atoms with van der Waals surface area (Å²) in [5, 5.41) is 0. The van der Waals surface area contributed by atoms with Gasteiger partial charge in [-0.2, -0.15) is 0 Å². The number of hydrogen-bond donors (Lipinski definition) is 0. The van der Waals surface area contributed by atoms with Crippen molar-refractivity contribution in [2.75, 3.05) is 0 Å². The fraction of sp³-hybridized carbons (Fsp3) is 0.176.